The van der Waals surface area contributed by atoms with Gasteiger partial charge in [0, 0.05) is 6.61 Å². The molecule has 0 aromatic carbocycles. The maximum absolute atomic E-state index is 11.4. The first-order valence-electron chi connectivity index (χ1n) is 6.82. The fourth-order valence-corrected chi connectivity index (χ4v) is 2.20. The van der Waals surface area contributed by atoms with Crippen molar-refractivity contribution in [3.63, 3.8) is 0 Å². The smallest absolute Gasteiger partial charge is 0.379 e. The highest BCUT2D eigenvalue weighted by Gasteiger charge is 2.19. The molecule has 1 N–H and O–H groups in total. The standard InChI is InChI=1S/C12H27O5P.Al.3H/c1-3-5-6-7-8-9-10-16-18(13,14)17-12-11-15-4-2;;;;/h3-12H2,1-2H3,(H,13,14);;;;. The second kappa shape index (κ2) is 15.0. The average molecular weight is 312 g/mol. The van der Waals surface area contributed by atoms with Crippen LogP contribution in [0.25, 0.3) is 0 Å². The van der Waals surface area contributed by atoms with Crippen LogP contribution < -0.4 is 0 Å². The highest BCUT2D eigenvalue weighted by Crippen LogP contribution is 2.43. The van der Waals surface area contributed by atoms with Crippen LogP contribution >= 0.6 is 7.82 Å². The molecule has 0 bridgehead atoms. The number of phosphoric acid groups is 1. The van der Waals surface area contributed by atoms with Crippen molar-refractivity contribution in [2.45, 2.75) is 52.4 Å². The van der Waals surface area contributed by atoms with Crippen LogP contribution in [0.2, 0.25) is 0 Å². The van der Waals surface area contributed by atoms with E-state index >= 15 is 0 Å². The number of hydrogen-bond donors (Lipinski definition) is 1. The lowest BCUT2D eigenvalue weighted by atomic mass is 10.1. The fourth-order valence-electron chi connectivity index (χ4n) is 1.46. The van der Waals surface area contributed by atoms with Gasteiger partial charge in [-0.25, -0.2) is 4.57 Å². The molecule has 0 aliphatic carbocycles. The Kier molecular flexibility index (Phi) is 17.3. The van der Waals surface area contributed by atoms with Gasteiger partial charge < -0.3 is 9.63 Å². The van der Waals surface area contributed by atoms with Crippen LogP contribution in [-0.2, 0) is 18.3 Å². The molecule has 0 aromatic rings. The molecule has 1 unspecified atom stereocenters. The second-order valence-electron chi connectivity index (χ2n) is 4.10. The molecule has 0 heterocycles. The van der Waals surface area contributed by atoms with Gasteiger partial charge in [-0.3, -0.25) is 9.05 Å². The van der Waals surface area contributed by atoms with Gasteiger partial charge in [-0.15, -0.1) is 0 Å². The Hall–Kier alpha value is 0.602. The Morgan fingerprint density at radius 2 is 1.47 bits per heavy atom. The number of phosphoric ester groups is 1. The van der Waals surface area contributed by atoms with Gasteiger partial charge in [0.25, 0.3) is 0 Å². The van der Waals surface area contributed by atoms with Gasteiger partial charge >= 0.3 is 7.82 Å². The molecule has 0 saturated carbocycles. The Bertz CT molecular complexity index is 228. The monoisotopic (exact) mass is 312 g/mol. The predicted molar refractivity (Wildman–Crippen MR) is 81.5 cm³/mol. The molecule has 7 heteroatoms. The maximum Gasteiger partial charge on any atom is 0.472 e. The van der Waals surface area contributed by atoms with E-state index < -0.39 is 7.82 Å². The van der Waals surface area contributed by atoms with Crippen LogP contribution in [0.4, 0.5) is 0 Å². The van der Waals surface area contributed by atoms with Crippen molar-refractivity contribution in [2.24, 2.45) is 0 Å². The van der Waals surface area contributed by atoms with Gasteiger partial charge in [0.1, 0.15) is 0 Å². The zero-order valence-corrected chi connectivity index (χ0v) is 12.5. The van der Waals surface area contributed by atoms with Gasteiger partial charge in [0.05, 0.1) is 19.8 Å². The highest BCUT2D eigenvalue weighted by atomic mass is 31.2. The van der Waals surface area contributed by atoms with Crippen LogP contribution in [0.5, 0.6) is 0 Å². The zero-order chi connectivity index (χ0) is 13.7. The van der Waals surface area contributed by atoms with Crippen LogP contribution in [-0.4, -0.2) is 48.7 Å². The normalized spacial score (nSPS) is 13.8. The van der Waals surface area contributed by atoms with Crippen molar-refractivity contribution in [3.05, 3.63) is 0 Å². The summed E-state index contributed by atoms with van der Waals surface area (Å²) < 4.78 is 26.0. The van der Waals surface area contributed by atoms with E-state index in [0.29, 0.717) is 13.2 Å². The minimum absolute atomic E-state index is 0. The first-order valence-corrected chi connectivity index (χ1v) is 8.31. The van der Waals surface area contributed by atoms with E-state index in [1.165, 1.54) is 19.3 Å². The first kappa shape index (κ1) is 21.9. The molecule has 0 spiro atoms. The summed E-state index contributed by atoms with van der Waals surface area (Å²) in [6.07, 6.45) is 6.66. The summed E-state index contributed by atoms with van der Waals surface area (Å²) >= 11 is 0. The lowest BCUT2D eigenvalue weighted by molar-refractivity contribution is 0.0823. The van der Waals surface area contributed by atoms with Gasteiger partial charge in [-0.1, -0.05) is 39.0 Å². The van der Waals surface area contributed by atoms with Crippen molar-refractivity contribution in [1.29, 1.82) is 0 Å². The quantitative estimate of drug-likeness (QED) is 0.321. The molecule has 5 nitrogen and oxygen atoms in total. The molecule has 0 aliphatic heterocycles. The molecule has 0 aliphatic rings. The van der Waals surface area contributed by atoms with E-state index in [1.807, 2.05) is 6.92 Å². The Morgan fingerprint density at radius 3 is 2.11 bits per heavy atom. The summed E-state index contributed by atoms with van der Waals surface area (Å²) in [6.45, 7) is 5.25. The van der Waals surface area contributed by atoms with E-state index in [9.17, 15) is 9.46 Å². The Morgan fingerprint density at radius 1 is 0.895 bits per heavy atom. The fraction of sp³-hybridized carbons (Fsp3) is 1.00. The summed E-state index contributed by atoms with van der Waals surface area (Å²) in [6, 6.07) is 0. The number of unbranched alkanes of at least 4 members (excludes halogenated alkanes) is 5. The maximum atomic E-state index is 11.4. The SMILES string of the molecule is CCCCCCCCOP(=O)(O)OCCOCC.[AlH3]. The first-order chi connectivity index (χ1) is 8.62. The number of hydrogen-bond acceptors (Lipinski definition) is 4. The van der Waals surface area contributed by atoms with Crippen molar-refractivity contribution >= 4 is 25.2 Å². The molecule has 0 amide bonds. The molecule has 116 valence electrons. The summed E-state index contributed by atoms with van der Waals surface area (Å²) in [5.74, 6) is 0. The Balaban J connectivity index is 0. The molecule has 0 radical (unpaired) electrons. The number of rotatable bonds is 13. The summed E-state index contributed by atoms with van der Waals surface area (Å²) in [4.78, 5) is 9.31. The topological polar surface area (TPSA) is 65.0 Å². The van der Waals surface area contributed by atoms with Crippen LogP contribution in [0, 0.1) is 0 Å². The third kappa shape index (κ3) is 16.5. The predicted octanol–water partition coefficient (Wildman–Crippen LogP) is 2.33. The van der Waals surface area contributed by atoms with Gasteiger partial charge in [-0.05, 0) is 13.3 Å². The third-order valence-electron chi connectivity index (χ3n) is 2.44. The van der Waals surface area contributed by atoms with Crippen LogP contribution in [0.15, 0.2) is 0 Å². The van der Waals surface area contributed by atoms with Gasteiger partial charge in [-0.2, -0.15) is 0 Å². The minimum atomic E-state index is -3.87. The van der Waals surface area contributed by atoms with Crippen LogP contribution in [0.1, 0.15) is 52.4 Å². The van der Waals surface area contributed by atoms with E-state index in [1.54, 1.807) is 0 Å². The average Bonchev–Trinajstić information content (AvgIpc) is 2.34. The molecule has 0 saturated heterocycles. The van der Waals surface area contributed by atoms with E-state index in [2.05, 4.69) is 6.92 Å². The minimum Gasteiger partial charge on any atom is -0.379 e. The van der Waals surface area contributed by atoms with Crippen molar-refractivity contribution in [2.75, 3.05) is 26.4 Å². The molecule has 0 rings (SSSR count). The van der Waals surface area contributed by atoms with Gasteiger partial charge in [0.2, 0.25) is 0 Å². The lowest BCUT2D eigenvalue weighted by Gasteiger charge is -2.11. The van der Waals surface area contributed by atoms with E-state index in [0.717, 1.165) is 19.3 Å². The molecular weight excluding hydrogens is 282 g/mol. The van der Waals surface area contributed by atoms with E-state index in [4.69, 9.17) is 13.8 Å². The summed E-state index contributed by atoms with van der Waals surface area (Å²) in [5.41, 5.74) is 0. The van der Waals surface area contributed by atoms with Crippen molar-refractivity contribution in [1.82, 2.24) is 0 Å². The molecule has 1 atom stereocenters. The third-order valence-corrected chi connectivity index (χ3v) is 3.46. The van der Waals surface area contributed by atoms with Crippen LogP contribution in [0.3, 0.4) is 0 Å². The Labute approximate surface area is 127 Å². The molecule has 0 fully saturated rings. The number of ether oxygens (including phenoxy) is 1. The molecular formula is C12H30AlO5P. The molecule has 19 heavy (non-hydrogen) atoms. The largest absolute Gasteiger partial charge is 0.472 e. The van der Waals surface area contributed by atoms with Crippen molar-refractivity contribution < 1.29 is 23.2 Å². The van der Waals surface area contributed by atoms with Crippen molar-refractivity contribution in [3.8, 4) is 0 Å². The highest BCUT2D eigenvalue weighted by molar-refractivity contribution is 7.47. The summed E-state index contributed by atoms with van der Waals surface area (Å²) in [5, 5.41) is 0. The van der Waals surface area contributed by atoms with Gasteiger partial charge in [0.15, 0.2) is 17.4 Å². The zero-order valence-electron chi connectivity index (χ0n) is 11.6. The lowest BCUT2D eigenvalue weighted by Crippen LogP contribution is -2.04. The molecule has 0 aromatic heterocycles. The summed E-state index contributed by atoms with van der Waals surface area (Å²) in [7, 11) is -3.87. The van der Waals surface area contributed by atoms with E-state index in [-0.39, 0.29) is 30.6 Å². The second-order valence-corrected chi connectivity index (χ2v) is 5.55.